The Morgan fingerprint density at radius 1 is 0.962 bits per heavy atom. The average molecular weight is 389 g/mol. The van der Waals surface area contributed by atoms with Crippen molar-refractivity contribution in [3.05, 3.63) is 53.6 Å². The summed E-state index contributed by atoms with van der Waals surface area (Å²) in [5, 5.41) is 0. The number of benzene rings is 1. The van der Waals surface area contributed by atoms with Gasteiger partial charge in [0.05, 0.1) is 16.1 Å². The molecule has 1 aromatic carbocycles. The molecule has 0 bridgehead atoms. The van der Waals surface area contributed by atoms with E-state index in [9.17, 15) is 0 Å². The number of aromatic amines is 1. The van der Waals surface area contributed by atoms with Gasteiger partial charge in [-0.2, -0.15) is 0 Å². The van der Waals surface area contributed by atoms with Crippen molar-refractivity contribution < 1.29 is 0 Å². The van der Waals surface area contributed by atoms with Gasteiger partial charge in [-0.1, -0.05) is 101 Å². The van der Waals surface area contributed by atoms with E-state index in [0.29, 0.717) is 0 Å². The van der Waals surface area contributed by atoms with Gasteiger partial charge >= 0.3 is 0 Å². The fourth-order valence-electron chi connectivity index (χ4n) is 3.00. The smallest absolute Gasteiger partial charge is 0.106 e. The minimum Gasteiger partial charge on any atom is -0.341 e. The molecule has 1 N–H and O–H groups in total. The second-order valence-corrected chi connectivity index (χ2v) is 8.54. The van der Waals surface area contributed by atoms with E-state index in [0.717, 1.165) is 27.9 Å². The van der Waals surface area contributed by atoms with Crippen molar-refractivity contribution in [3.63, 3.8) is 0 Å². The van der Waals surface area contributed by atoms with Crippen molar-refractivity contribution in [2.45, 2.75) is 76.9 Å². The molecule has 0 fully saturated rings. The lowest BCUT2D eigenvalue weighted by Gasteiger charge is -2.02. The Hall–Kier alpha value is -1.13. The van der Waals surface area contributed by atoms with Crippen molar-refractivity contribution in [1.82, 2.24) is 9.97 Å². The largest absolute Gasteiger partial charge is 0.341 e. The average Bonchev–Trinajstić information content (AvgIpc) is 3.15. The molecule has 142 valence electrons. The van der Waals surface area contributed by atoms with Gasteiger partial charge in [0.15, 0.2) is 0 Å². The van der Waals surface area contributed by atoms with Crippen molar-refractivity contribution >= 4 is 28.2 Å². The number of nitrogens with one attached hydrogen (secondary N) is 1. The van der Waals surface area contributed by atoms with Gasteiger partial charge in [0, 0.05) is 12.2 Å². The van der Waals surface area contributed by atoms with Gasteiger partial charge in [-0.3, -0.25) is 0 Å². The lowest BCUT2D eigenvalue weighted by atomic mass is 10.1. The van der Waals surface area contributed by atoms with E-state index < -0.39 is 0 Å². The Morgan fingerprint density at radius 2 is 1.62 bits per heavy atom. The molecule has 0 aliphatic rings. The molecule has 0 saturated heterocycles. The van der Waals surface area contributed by atoms with Crippen LogP contribution in [-0.2, 0) is 12.2 Å². The number of hydrogen-bond acceptors (Lipinski definition) is 3. The maximum Gasteiger partial charge on any atom is 0.106 e. The summed E-state index contributed by atoms with van der Waals surface area (Å²) < 4.78 is 0.902. The first-order valence-electron chi connectivity index (χ1n) is 10.0. The standard InChI is InChI=1S/C22H32N2S2/c1-2-3-4-5-6-7-8-9-13-16-21-23-17-20(24-21)22(25)26-18-19-14-11-10-12-15-19/h10-12,14-15,17H,2-9,13,16,18H2,1H3,(H,23,24). The first-order valence-corrected chi connectivity index (χ1v) is 11.4. The highest BCUT2D eigenvalue weighted by Crippen LogP contribution is 2.18. The Morgan fingerprint density at radius 3 is 2.31 bits per heavy atom. The van der Waals surface area contributed by atoms with E-state index in [-0.39, 0.29) is 0 Å². The normalized spacial score (nSPS) is 11.0. The minimum atomic E-state index is 0.902. The van der Waals surface area contributed by atoms with Crippen LogP contribution in [0.1, 0.15) is 81.8 Å². The van der Waals surface area contributed by atoms with Crippen LogP contribution in [0.5, 0.6) is 0 Å². The fraction of sp³-hybridized carbons (Fsp3) is 0.545. The van der Waals surface area contributed by atoms with Crippen LogP contribution in [0.15, 0.2) is 36.5 Å². The van der Waals surface area contributed by atoms with Crippen LogP contribution >= 0.6 is 24.0 Å². The number of rotatable bonds is 13. The molecule has 2 nitrogen and oxygen atoms in total. The summed E-state index contributed by atoms with van der Waals surface area (Å²) in [7, 11) is 0. The number of aromatic nitrogens is 2. The lowest BCUT2D eigenvalue weighted by molar-refractivity contribution is 0.562. The predicted octanol–water partition coefficient (Wildman–Crippen LogP) is 7.09. The van der Waals surface area contributed by atoms with Crippen LogP contribution < -0.4 is 0 Å². The van der Waals surface area contributed by atoms with Crippen molar-refractivity contribution in [2.24, 2.45) is 0 Å². The van der Waals surface area contributed by atoms with Crippen LogP contribution in [0.4, 0.5) is 0 Å². The van der Waals surface area contributed by atoms with E-state index in [1.54, 1.807) is 11.8 Å². The molecular formula is C22H32N2S2. The zero-order chi connectivity index (χ0) is 18.5. The third kappa shape index (κ3) is 8.50. The highest BCUT2D eigenvalue weighted by molar-refractivity contribution is 8.23. The molecule has 1 heterocycles. The molecule has 0 amide bonds. The number of unbranched alkanes of at least 4 members (excludes halogenated alkanes) is 8. The quantitative estimate of drug-likeness (QED) is 0.293. The van der Waals surface area contributed by atoms with E-state index in [4.69, 9.17) is 12.2 Å². The molecule has 0 saturated carbocycles. The fourth-order valence-corrected chi connectivity index (χ4v) is 4.03. The molecule has 4 heteroatoms. The maximum atomic E-state index is 5.54. The van der Waals surface area contributed by atoms with Gasteiger partial charge < -0.3 is 4.98 Å². The molecule has 0 radical (unpaired) electrons. The number of thioether (sulfide) groups is 1. The van der Waals surface area contributed by atoms with Gasteiger partial charge in [-0.25, -0.2) is 4.98 Å². The van der Waals surface area contributed by atoms with Crippen molar-refractivity contribution in [3.8, 4) is 0 Å². The highest BCUT2D eigenvalue weighted by atomic mass is 32.2. The second kappa shape index (κ2) is 13.1. The molecular weight excluding hydrogens is 356 g/mol. The van der Waals surface area contributed by atoms with Crippen LogP contribution in [-0.4, -0.2) is 14.2 Å². The van der Waals surface area contributed by atoms with E-state index in [1.165, 1.54) is 63.4 Å². The number of H-pyrrole nitrogens is 1. The summed E-state index contributed by atoms with van der Waals surface area (Å²) >= 11 is 7.24. The monoisotopic (exact) mass is 388 g/mol. The first-order chi connectivity index (χ1) is 12.8. The SMILES string of the molecule is CCCCCCCCCCCc1ncc(C(=S)SCc2ccccc2)[nH]1. The summed E-state index contributed by atoms with van der Waals surface area (Å²) in [4.78, 5) is 7.90. The third-order valence-corrected chi connectivity index (χ3v) is 6.11. The number of nitrogens with zero attached hydrogens (tertiary/aromatic N) is 1. The molecule has 26 heavy (non-hydrogen) atoms. The molecule has 0 spiro atoms. The zero-order valence-electron chi connectivity index (χ0n) is 16.0. The zero-order valence-corrected chi connectivity index (χ0v) is 17.6. The predicted molar refractivity (Wildman–Crippen MR) is 119 cm³/mol. The summed E-state index contributed by atoms with van der Waals surface area (Å²) in [6.07, 6.45) is 15.1. The number of hydrogen-bond donors (Lipinski definition) is 1. The molecule has 0 atom stereocenters. The van der Waals surface area contributed by atoms with Gasteiger partial charge in [-0.15, -0.1) is 11.8 Å². The van der Waals surface area contributed by atoms with Crippen LogP contribution in [0.3, 0.4) is 0 Å². The third-order valence-electron chi connectivity index (χ3n) is 4.58. The van der Waals surface area contributed by atoms with E-state index in [2.05, 4.69) is 41.2 Å². The lowest BCUT2D eigenvalue weighted by Crippen LogP contribution is -1.95. The van der Waals surface area contributed by atoms with Crippen LogP contribution in [0.2, 0.25) is 0 Å². The molecule has 1 aromatic heterocycles. The first kappa shape index (κ1) is 21.2. The molecule has 0 aliphatic heterocycles. The van der Waals surface area contributed by atoms with Gasteiger partial charge in [0.25, 0.3) is 0 Å². The van der Waals surface area contributed by atoms with Crippen LogP contribution in [0.25, 0.3) is 0 Å². The molecule has 2 aromatic rings. The number of imidazole rings is 1. The molecule has 0 aliphatic carbocycles. The second-order valence-electron chi connectivity index (χ2n) is 6.88. The molecule has 0 unspecified atom stereocenters. The Labute approximate surface area is 168 Å². The van der Waals surface area contributed by atoms with E-state index >= 15 is 0 Å². The van der Waals surface area contributed by atoms with Gasteiger partial charge in [0.2, 0.25) is 0 Å². The topological polar surface area (TPSA) is 28.7 Å². The Balaban J connectivity index is 1.58. The Kier molecular flexibility index (Phi) is 10.7. The van der Waals surface area contributed by atoms with Gasteiger partial charge in [-0.05, 0) is 12.0 Å². The number of thiocarbonyl (C=S) groups is 1. The summed E-state index contributed by atoms with van der Waals surface area (Å²) in [6, 6.07) is 10.5. The maximum absolute atomic E-state index is 5.54. The van der Waals surface area contributed by atoms with Gasteiger partial charge in [0.1, 0.15) is 5.82 Å². The van der Waals surface area contributed by atoms with Crippen molar-refractivity contribution in [2.75, 3.05) is 0 Å². The Bertz CT molecular complexity index is 622. The summed E-state index contributed by atoms with van der Waals surface area (Å²) in [5.41, 5.74) is 2.29. The van der Waals surface area contributed by atoms with Crippen molar-refractivity contribution in [1.29, 1.82) is 0 Å². The highest BCUT2D eigenvalue weighted by Gasteiger charge is 2.07. The summed E-state index contributed by atoms with van der Waals surface area (Å²) in [5.74, 6) is 1.98. The summed E-state index contributed by atoms with van der Waals surface area (Å²) in [6.45, 7) is 2.27. The van der Waals surface area contributed by atoms with E-state index in [1.807, 2.05) is 12.3 Å². The molecule has 2 rings (SSSR count). The minimum absolute atomic E-state index is 0.902. The number of aryl methyl sites for hydroxylation is 1. The van der Waals surface area contributed by atoms with Crippen LogP contribution in [0, 0.1) is 0 Å².